The Balaban J connectivity index is 2.16. The molecule has 0 saturated heterocycles. The van der Waals surface area contributed by atoms with E-state index in [1.165, 1.54) is 35.0 Å². The summed E-state index contributed by atoms with van der Waals surface area (Å²) in [6.45, 7) is 2.11. The molecule has 3 rings (SSSR count). The second-order valence-electron chi connectivity index (χ2n) is 6.25. The number of aldehydes is 1. The van der Waals surface area contributed by atoms with Gasteiger partial charge in [0.1, 0.15) is 6.29 Å². The monoisotopic (exact) mass is 278 g/mol. The Hall–Kier alpha value is -1.89. The zero-order valence-corrected chi connectivity index (χ0v) is 12.6. The molecule has 2 aromatic carbocycles. The Morgan fingerprint density at radius 2 is 1.67 bits per heavy atom. The molecule has 0 bridgehead atoms. The molecule has 0 heterocycles. The highest BCUT2D eigenvalue weighted by Crippen LogP contribution is 2.42. The fourth-order valence-electron chi connectivity index (χ4n) is 3.57. The van der Waals surface area contributed by atoms with Gasteiger partial charge in [-0.3, -0.25) is 0 Å². The van der Waals surface area contributed by atoms with Crippen LogP contribution in [0.2, 0.25) is 0 Å². The van der Waals surface area contributed by atoms with Crippen molar-refractivity contribution in [2.24, 2.45) is 0 Å². The van der Waals surface area contributed by atoms with Crippen molar-refractivity contribution in [3.05, 3.63) is 59.7 Å². The molecule has 2 aromatic rings. The van der Waals surface area contributed by atoms with Crippen LogP contribution in [-0.2, 0) is 10.2 Å². The number of rotatable bonds is 3. The summed E-state index contributed by atoms with van der Waals surface area (Å²) in [5.74, 6) is 0. The van der Waals surface area contributed by atoms with E-state index in [-0.39, 0.29) is 5.41 Å². The quantitative estimate of drug-likeness (QED) is 0.717. The van der Waals surface area contributed by atoms with Gasteiger partial charge in [-0.1, -0.05) is 73.4 Å². The summed E-state index contributed by atoms with van der Waals surface area (Å²) in [6.07, 6.45) is 6.75. The van der Waals surface area contributed by atoms with Gasteiger partial charge in [-0.2, -0.15) is 0 Å². The van der Waals surface area contributed by atoms with Crippen molar-refractivity contribution >= 4 is 6.29 Å². The summed E-state index contributed by atoms with van der Waals surface area (Å²) in [5, 5.41) is 0. The molecule has 108 valence electrons. The van der Waals surface area contributed by atoms with Crippen LogP contribution in [0.15, 0.2) is 48.5 Å². The van der Waals surface area contributed by atoms with E-state index in [1.54, 1.807) is 0 Å². The first-order chi connectivity index (χ1) is 10.2. The third-order valence-electron chi connectivity index (χ3n) is 4.77. The van der Waals surface area contributed by atoms with E-state index in [2.05, 4.69) is 49.4 Å². The summed E-state index contributed by atoms with van der Waals surface area (Å²) < 4.78 is 0. The molecule has 1 fully saturated rings. The summed E-state index contributed by atoms with van der Waals surface area (Å²) in [6, 6.07) is 17.0. The zero-order valence-electron chi connectivity index (χ0n) is 12.6. The summed E-state index contributed by atoms with van der Waals surface area (Å²) >= 11 is 0. The number of hydrogen-bond donors (Lipinski definition) is 0. The zero-order chi connectivity index (χ0) is 14.7. The average molecular weight is 278 g/mol. The smallest absolute Gasteiger partial charge is 0.130 e. The summed E-state index contributed by atoms with van der Waals surface area (Å²) in [4.78, 5) is 12.0. The Morgan fingerprint density at radius 3 is 2.33 bits per heavy atom. The number of aryl methyl sites for hydroxylation is 1. The number of benzene rings is 2. The molecule has 0 amide bonds. The van der Waals surface area contributed by atoms with Gasteiger partial charge in [-0.15, -0.1) is 0 Å². The van der Waals surface area contributed by atoms with Gasteiger partial charge in [0, 0.05) is 0 Å². The average Bonchev–Trinajstić information content (AvgIpc) is 2.56. The van der Waals surface area contributed by atoms with Crippen molar-refractivity contribution in [2.75, 3.05) is 0 Å². The van der Waals surface area contributed by atoms with Crippen LogP contribution in [-0.4, -0.2) is 6.29 Å². The second kappa shape index (κ2) is 5.85. The van der Waals surface area contributed by atoms with E-state index >= 15 is 0 Å². The lowest BCUT2D eigenvalue weighted by Gasteiger charge is -2.34. The number of carbonyl (C=O) groups excluding carboxylic acids is 1. The topological polar surface area (TPSA) is 17.1 Å². The van der Waals surface area contributed by atoms with Crippen LogP contribution in [0.25, 0.3) is 11.1 Å². The Kier molecular flexibility index (Phi) is 3.92. The molecule has 21 heavy (non-hydrogen) atoms. The van der Waals surface area contributed by atoms with Gasteiger partial charge >= 0.3 is 0 Å². The molecule has 0 aromatic heterocycles. The first-order valence-corrected chi connectivity index (χ1v) is 7.88. The van der Waals surface area contributed by atoms with Gasteiger partial charge in [-0.05, 0) is 36.5 Å². The maximum atomic E-state index is 12.0. The van der Waals surface area contributed by atoms with Crippen molar-refractivity contribution in [1.29, 1.82) is 0 Å². The molecule has 0 aliphatic heterocycles. The third kappa shape index (κ3) is 2.65. The van der Waals surface area contributed by atoms with Crippen LogP contribution in [0.1, 0.15) is 43.2 Å². The third-order valence-corrected chi connectivity index (χ3v) is 4.77. The Morgan fingerprint density at radius 1 is 0.952 bits per heavy atom. The molecule has 0 N–H and O–H groups in total. The number of hydrogen-bond acceptors (Lipinski definition) is 1. The van der Waals surface area contributed by atoms with E-state index in [0.717, 1.165) is 25.7 Å². The normalized spacial score (nSPS) is 17.4. The largest absolute Gasteiger partial charge is 0.302 e. The van der Waals surface area contributed by atoms with Crippen LogP contribution in [0.5, 0.6) is 0 Å². The molecule has 1 nitrogen and oxygen atoms in total. The molecule has 1 heteroatoms. The summed E-state index contributed by atoms with van der Waals surface area (Å²) in [5.41, 5.74) is 4.60. The first kappa shape index (κ1) is 14.1. The van der Waals surface area contributed by atoms with Crippen LogP contribution in [0.3, 0.4) is 0 Å². The highest BCUT2D eigenvalue weighted by molar-refractivity contribution is 5.78. The van der Waals surface area contributed by atoms with Gasteiger partial charge in [0.25, 0.3) is 0 Å². The lowest BCUT2D eigenvalue weighted by molar-refractivity contribution is -0.113. The highest BCUT2D eigenvalue weighted by atomic mass is 16.1. The SMILES string of the molecule is Cc1ccc(-c2ccccc2)c(C2(C=O)CCCCC2)c1. The van der Waals surface area contributed by atoms with E-state index in [4.69, 9.17) is 0 Å². The van der Waals surface area contributed by atoms with Gasteiger partial charge in [0.05, 0.1) is 5.41 Å². The van der Waals surface area contributed by atoms with Gasteiger partial charge in [-0.25, -0.2) is 0 Å². The summed E-state index contributed by atoms with van der Waals surface area (Å²) in [7, 11) is 0. The van der Waals surface area contributed by atoms with Crippen LogP contribution < -0.4 is 0 Å². The Bertz CT molecular complexity index is 622. The van der Waals surface area contributed by atoms with Crippen molar-refractivity contribution in [1.82, 2.24) is 0 Å². The van der Waals surface area contributed by atoms with Crippen LogP contribution in [0, 0.1) is 6.92 Å². The van der Waals surface area contributed by atoms with Crippen LogP contribution in [0.4, 0.5) is 0 Å². The second-order valence-corrected chi connectivity index (χ2v) is 6.25. The molecular formula is C20H22O. The van der Waals surface area contributed by atoms with Crippen molar-refractivity contribution < 1.29 is 4.79 Å². The fourth-order valence-corrected chi connectivity index (χ4v) is 3.57. The molecular weight excluding hydrogens is 256 g/mol. The predicted molar refractivity (Wildman–Crippen MR) is 87.4 cm³/mol. The van der Waals surface area contributed by atoms with Crippen molar-refractivity contribution in [2.45, 2.75) is 44.4 Å². The van der Waals surface area contributed by atoms with Crippen molar-refractivity contribution in [3.63, 3.8) is 0 Å². The van der Waals surface area contributed by atoms with Crippen molar-refractivity contribution in [3.8, 4) is 11.1 Å². The molecule has 0 radical (unpaired) electrons. The van der Waals surface area contributed by atoms with E-state index in [9.17, 15) is 4.79 Å². The first-order valence-electron chi connectivity index (χ1n) is 7.88. The minimum atomic E-state index is -0.282. The van der Waals surface area contributed by atoms with Gasteiger partial charge in [0.2, 0.25) is 0 Å². The van der Waals surface area contributed by atoms with Gasteiger partial charge < -0.3 is 4.79 Å². The molecule has 1 saturated carbocycles. The number of carbonyl (C=O) groups is 1. The van der Waals surface area contributed by atoms with Crippen LogP contribution >= 0.6 is 0 Å². The van der Waals surface area contributed by atoms with E-state index in [0.29, 0.717) is 0 Å². The van der Waals surface area contributed by atoms with E-state index in [1.807, 2.05) is 6.07 Å². The maximum Gasteiger partial charge on any atom is 0.130 e. The molecule has 1 aliphatic carbocycles. The van der Waals surface area contributed by atoms with Gasteiger partial charge in [0.15, 0.2) is 0 Å². The van der Waals surface area contributed by atoms with E-state index < -0.39 is 0 Å². The molecule has 0 spiro atoms. The maximum absolute atomic E-state index is 12.0. The predicted octanol–water partition coefficient (Wildman–Crippen LogP) is 5.06. The highest BCUT2D eigenvalue weighted by Gasteiger charge is 2.35. The standard InChI is InChI=1S/C20H22O/c1-16-10-11-18(17-8-4-2-5-9-17)19(14-16)20(15-21)12-6-3-7-13-20/h2,4-5,8-11,14-15H,3,6-7,12-13H2,1H3. The minimum absolute atomic E-state index is 0.282. The molecule has 0 unspecified atom stereocenters. The fraction of sp³-hybridized carbons (Fsp3) is 0.350. The molecule has 0 atom stereocenters. The Labute approximate surface area is 127 Å². The molecule has 1 aliphatic rings. The minimum Gasteiger partial charge on any atom is -0.302 e. The lowest BCUT2D eigenvalue weighted by Crippen LogP contribution is -2.31. The lowest BCUT2D eigenvalue weighted by atomic mass is 9.68.